The number of piperazine rings is 1. The normalized spacial score (nSPS) is 18.0. The van der Waals surface area contributed by atoms with Crippen molar-refractivity contribution in [3.63, 3.8) is 0 Å². The van der Waals surface area contributed by atoms with Crippen LogP contribution in [0.15, 0.2) is 24.5 Å². The Morgan fingerprint density at radius 2 is 2.08 bits per heavy atom. The Labute approximate surface area is 158 Å². The summed E-state index contributed by atoms with van der Waals surface area (Å²) < 4.78 is 0. The van der Waals surface area contributed by atoms with E-state index in [1.54, 1.807) is 11.3 Å². The molecule has 0 saturated carbocycles. The second-order valence-corrected chi connectivity index (χ2v) is 7.97. The molecule has 1 amide bonds. The van der Waals surface area contributed by atoms with E-state index in [1.807, 2.05) is 30.3 Å². The summed E-state index contributed by atoms with van der Waals surface area (Å²) in [7, 11) is 0. The molecule has 2 aliphatic rings. The van der Waals surface area contributed by atoms with Crippen molar-refractivity contribution >= 4 is 22.4 Å². The lowest BCUT2D eigenvalue weighted by molar-refractivity contribution is -0.131. The zero-order valence-electron chi connectivity index (χ0n) is 15.2. The summed E-state index contributed by atoms with van der Waals surface area (Å²) in [6, 6.07) is 4.13. The number of hydrogen-bond acceptors (Lipinski definition) is 6. The lowest BCUT2D eigenvalue weighted by Gasteiger charge is -2.34. The summed E-state index contributed by atoms with van der Waals surface area (Å²) in [5, 5.41) is 1.13. The van der Waals surface area contributed by atoms with Crippen molar-refractivity contribution in [2.75, 3.05) is 37.6 Å². The average molecular weight is 372 g/mol. The maximum absolute atomic E-state index is 12.0. The molecule has 6 nitrogen and oxygen atoms in total. The topological polar surface area (TPSA) is 52.6 Å². The van der Waals surface area contributed by atoms with Gasteiger partial charge < -0.3 is 9.80 Å². The summed E-state index contributed by atoms with van der Waals surface area (Å²) in [5.41, 5.74) is 2.47. The molecular weight excluding hydrogens is 346 g/mol. The van der Waals surface area contributed by atoms with Crippen LogP contribution >= 0.6 is 11.3 Å². The van der Waals surface area contributed by atoms with E-state index in [9.17, 15) is 4.79 Å². The molecular formula is C19H25N5OS. The summed E-state index contributed by atoms with van der Waals surface area (Å²) >= 11 is 1.77. The molecule has 0 bridgehead atoms. The molecule has 4 rings (SSSR count). The number of carbonyl (C=O) groups excluding carboxylic acids is 1. The Balaban J connectivity index is 1.35. The third-order valence-corrected chi connectivity index (χ3v) is 6.29. The van der Waals surface area contributed by atoms with Gasteiger partial charge in [-0.25, -0.2) is 4.98 Å². The lowest BCUT2D eigenvalue weighted by Crippen LogP contribution is -2.45. The van der Waals surface area contributed by atoms with Gasteiger partial charge in [-0.1, -0.05) is 24.3 Å². The van der Waals surface area contributed by atoms with Crippen LogP contribution in [-0.4, -0.2) is 58.4 Å². The van der Waals surface area contributed by atoms with Crippen LogP contribution in [0.2, 0.25) is 0 Å². The second kappa shape index (κ2) is 7.72. The summed E-state index contributed by atoms with van der Waals surface area (Å²) in [6.07, 6.45) is 5.24. The standard InChI is InChI=1S/C19H25N5OS/c1-2-18(25)24-7-5-16-17(14-24)26-19(21-16)23-10-8-22(9-11-23)13-15-4-3-6-20-12-15/h3-4,6,12H,2,5,7-11,13-14H2,1H3. The average Bonchev–Trinajstić information content (AvgIpc) is 3.12. The first-order chi connectivity index (χ1) is 12.7. The van der Waals surface area contributed by atoms with E-state index < -0.39 is 0 Å². The molecule has 0 aromatic carbocycles. The predicted octanol–water partition coefficient (Wildman–Crippen LogP) is 2.15. The van der Waals surface area contributed by atoms with Gasteiger partial charge in [0.1, 0.15) is 0 Å². The highest BCUT2D eigenvalue weighted by Crippen LogP contribution is 2.31. The van der Waals surface area contributed by atoms with Crippen LogP contribution in [0.1, 0.15) is 29.5 Å². The number of fused-ring (bicyclic) bond motifs is 1. The van der Waals surface area contributed by atoms with Gasteiger partial charge >= 0.3 is 0 Å². The Morgan fingerprint density at radius 1 is 1.23 bits per heavy atom. The molecule has 2 aromatic heterocycles. The van der Waals surface area contributed by atoms with E-state index in [-0.39, 0.29) is 5.91 Å². The van der Waals surface area contributed by atoms with Crippen LogP contribution in [0.3, 0.4) is 0 Å². The predicted molar refractivity (Wildman–Crippen MR) is 103 cm³/mol. The number of hydrogen-bond donors (Lipinski definition) is 0. The fourth-order valence-electron chi connectivity index (χ4n) is 3.60. The third kappa shape index (κ3) is 3.73. The highest BCUT2D eigenvalue weighted by Gasteiger charge is 2.26. The molecule has 2 aliphatic heterocycles. The first-order valence-corrected chi connectivity index (χ1v) is 10.2. The molecule has 0 atom stereocenters. The SMILES string of the molecule is CCC(=O)N1CCc2nc(N3CCN(Cc4cccnc4)CC3)sc2C1. The number of anilines is 1. The Bertz CT molecular complexity index is 755. The van der Waals surface area contributed by atoms with Crippen LogP contribution in [0, 0.1) is 0 Å². The second-order valence-electron chi connectivity index (χ2n) is 6.91. The monoisotopic (exact) mass is 371 g/mol. The van der Waals surface area contributed by atoms with Gasteiger partial charge in [0.05, 0.1) is 12.2 Å². The summed E-state index contributed by atoms with van der Waals surface area (Å²) in [5.74, 6) is 0.245. The number of carbonyl (C=O) groups is 1. The minimum atomic E-state index is 0.245. The number of aromatic nitrogens is 2. The molecule has 0 spiro atoms. The molecule has 26 heavy (non-hydrogen) atoms. The fourth-order valence-corrected chi connectivity index (χ4v) is 4.77. The Morgan fingerprint density at radius 3 is 2.81 bits per heavy atom. The van der Waals surface area contributed by atoms with Gasteiger partial charge in [-0.15, -0.1) is 0 Å². The van der Waals surface area contributed by atoms with Crippen molar-refractivity contribution in [1.29, 1.82) is 0 Å². The smallest absolute Gasteiger partial charge is 0.222 e. The zero-order valence-corrected chi connectivity index (χ0v) is 16.0. The highest BCUT2D eigenvalue weighted by atomic mass is 32.1. The molecule has 1 fully saturated rings. The molecule has 138 valence electrons. The van der Waals surface area contributed by atoms with Crippen LogP contribution in [0.4, 0.5) is 5.13 Å². The first kappa shape index (κ1) is 17.4. The van der Waals surface area contributed by atoms with E-state index >= 15 is 0 Å². The van der Waals surface area contributed by atoms with Gasteiger partial charge in [-0.3, -0.25) is 14.7 Å². The van der Waals surface area contributed by atoms with Crippen molar-refractivity contribution < 1.29 is 4.79 Å². The van der Waals surface area contributed by atoms with E-state index in [1.165, 1.54) is 16.1 Å². The maximum atomic E-state index is 12.0. The van der Waals surface area contributed by atoms with Gasteiger partial charge in [0, 0.05) is 69.4 Å². The molecule has 1 saturated heterocycles. The molecule has 0 radical (unpaired) electrons. The first-order valence-electron chi connectivity index (χ1n) is 9.35. The fraction of sp³-hybridized carbons (Fsp3) is 0.526. The Kier molecular flexibility index (Phi) is 5.17. The molecule has 7 heteroatoms. The van der Waals surface area contributed by atoms with Crippen molar-refractivity contribution in [2.24, 2.45) is 0 Å². The van der Waals surface area contributed by atoms with Gasteiger partial charge in [-0.05, 0) is 11.6 Å². The van der Waals surface area contributed by atoms with Gasteiger partial charge in [0.2, 0.25) is 5.91 Å². The number of rotatable bonds is 4. The zero-order chi connectivity index (χ0) is 17.9. The molecule has 0 aliphatic carbocycles. The van der Waals surface area contributed by atoms with Crippen LogP contribution in [0.5, 0.6) is 0 Å². The van der Waals surface area contributed by atoms with E-state index in [0.717, 1.165) is 57.4 Å². The van der Waals surface area contributed by atoms with Crippen LogP contribution < -0.4 is 4.90 Å². The van der Waals surface area contributed by atoms with Crippen molar-refractivity contribution in [1.82, 2.24) is 19.8 Å². The number of pyridine rings is 1. The Hall–Kier alpha value is -1.99. The van der Waals surface area contributed by atoms with Gasteiger partial charge in [-0.2, -0.15) is 0 Å². The maximum Gasteiger partial charge on any atom is 0.222 e. The summed E-state index contributed by atoms with van der Waals surface area (Å²) in [6.45, 7) is 8.53. The summed E-state index contributed by atoms with van der Waals surface area (Å²) in [4.78, 5) is 29.2. The molecule has 0 N–H and O–H groups in total. The van der Waals surface area contributed by atoms with Gasteiger partial charge in [0.25, 0.3) is 0 Å². The minimum Gasteiger partial charge on any atom is -0.346 e. The molecule has 4 heterocycles. The van der Waals surface area contributed by atoms with E-state index in [2.05, 4.69) is 20.9 Å². The minimum absolute atomic E-state index is 0.245. The third-order valence-electron chi connectivity index (χ3n) is 5.15. The molecule has 2 aromatic rings. The van der Waals surface area contributed by atoms with E-state index in [4.69, 9.17) is 4.98 Å². The lowest BCUT2D eigenvalue weighted by atomic mass is 10.1. The van der Waals surface area contributed by atoms with Crippen molar-refractivity contribution in [3.05, 3.63) is 40.7 Å². The van der Waals surface area contributed by atoms with Crippen LogP contribution in [-0.2, 0) is 24.3 Å². The number of thiazole rings is 1. The van der Waals surface area contributed by atoms with Crippen molar-refractivity contribution in [2.45, 2.75) is 32.9 Å². The molecule has 0 unspecified atom stereocenters. The number of amides is 1. The number of nitrogens with zero attached hydrogens (tertiary/aromatic N) is 5. The largest absolute Gasteiger partial charge is 0.346 e. The quantitative estimate of drug-likeness (QED) is 0.824. The van der Waals surface area contributed by atoms with Crippen LogP contribution in [0.25, 0.3) is 0 Å². The van der Waals surface area contributed by atoms with Crippen molar-refractivity contribution in [3.8, 4) is 0 Å². The highest BCUT2D eigenvalue weighted by molar-refractivity contribution is 7.15. The van der Waals surface area contributed by atoms with E-state index in [0.29, 0.717) is 6.42 Å². The van der Waals surface area contributed by atoms with Gasteiger partial charge in [0.15, 0.2) is 5.13 Å².